The molecule has 1 aromatic rings. The van der Waals surface area contributed by atoms with E-state index in [0.29, 0.717) is 13.0 Å². The van der Waals surface area contributed by atoms with Gasteiger partial charge in [0.05, 0.1) is 5.56 Å². The maximum atomic E-state index is 12.8. The molecule has 0 saturated carbocycles. The van der Waals surface area contributed by atoms with E-state index in [-0.39, 0.29) is 34.8 Å². The van der Waals surface area contributed by atoms with Crippen molar-refractivity contribution in [1.82, 2.24) is 9.62 Å². The summed E-state index contributed by atoms with van der Waals surface area (Å²) < 4.78 is 31.0. The van der Waals surface area contributed by atoms with Crippen LogP contribution in [-0.2, 0) is 14.8 Å². The van der Waals surface area contributed by atoms with Crippen molar-refractivity contribution in [2.75, 3.05) is 13.6 Å². The molecule has 134 valence electrons. The third-order valence-corrected chi connectivity index (χ3v) is 5.51. The van der Waals surface area contributed by atoms with Gasteiger partial charge < -0.3 is 14.4 Å². The molecule has 2 heterocycles. The second-order valence-corrected chi connectivity index (χ2v) is 7.64. The van der Waals surface area contributed by atoms with Gasteiger partial charge in [0.25, 0.3) is 15.9 Å². The van der Waals surface area contributed by atoms with E-state index in [1.807, 2.05) is 0 Å². The van der Waals surface area contributed by atoms with E-state index in [4.69, 9.17) is 9.52 Å². The van der Waals surface area contributed by atoms with Crippen molar-refractivity contribution in [3.05, 3.63) is 17.4 Å². The lowest BCUT2D eigenvalue weighted by Gasteiger charge is -2.35. The van der Waals surface area contributed by atoms with Crippen LogP contribution in [0.1, 0.15) is 48.2 Å². The minimum atomic E-state index is -3.76. The Bertz CT molecular complexity index is 724. The van der Waals surface area contributed by atoms with Gasteiger partial charge in [-0.05, 0) is 39.7 Å². The van der Waals surface area contributed by atoms with Crippen molar-refractivity contribution >= 4 is 21.9 Å². The van der Waals surface area contributed by atoms with Crippen molar-refractivity contribution in [1.29, 1.82) is 0 Å². The number of carbonyl (C=O) groups excluding carboxylic acids is 1. The van der Waals surface area contributed by atoms with Gasteiger partial charge in [-0.25, -0.2) is 13.1 Å². The van der Waals surface area contributed by atoms with Crippen LogP contribution in [0.4, 0.5) is 0 Å². The number of amides is 1. The molecule has 1 aromatic heterocycles. The fourth-order valence-corrected chi connectivity index (χ4v) is 3.62. The van der Waals surface area contributed by atoms with E-state index >= 15 is 0 Å². The van der Waals surface area contributed by atoms with Crippen molar-refractivity contribution in [3.63, 3.8) is 0 Å². The summed E-state index contributed by atoms with van der Waals surface area (Å²) in [5, 5.41) is 8.56. The second kappa shape index (κ2) is 7.35. The minimum Gasteiger partial charge on any atom is -0.481 e. The number of aliphatic carboxylic acids is 1. The van der Waals surface area contributed by atoms with Crippen LogP contribution in [0.15, 0.2) is 15.6 Å². The van der Waals surface area contributed by atoms with E-state index in [0.717, 1.165) is 19.3 Å². The Labute approximate surface area is 140 Å². The number of rotatable bonds is 6. The molecule has 1 aliphatic heterocycles. The number of nitrogens with zero attached hydrogens (tertiary/aromatic N) is 1. The molecular weight excluding hydrogens is 336 g/mol. The third kappa shape index (κ3) is 3.96. The maximum absolute atomic E-state index is 12.8. The topological polar surface area (TPSA) is 117 Å². The van der Waals surface area contributed by atoms with Crippen LogP contribution < -0.4 is 4.72 Å². The predicted molar refractivity (Wildman–Crippen MR) is 85.2 cm³/mol. The Kier molecular flexibility index (Phi) is 5.66. The lowest BCUT2D eigenvalue weighted by Crippen LogP contribution is -2.44. The average Bonchev–Trinajstić information content (AvgIpc) is 2.95. The number of aryl methyl sites for hydroxylation is 1. The number of piperidine rings is 1. The minimum absolute atomic E-state index is 0.00179. The van der Waals surface area contributed by atoms with Crippen LogP contribution in [-0.4, -0.2) is 49.9 Å². The molecule has 8 nitrogen and oxygen atoms in total. The van der Waals surface area contributed by atoms with E-state index in [1.165, 1.54) is 20.0 Å². The molecule has 1 atom stereocenters. The zero-order chi connectivity index (χ0) is 17.9. The third-order valence-electron chi connectivity index (χ3n) is 4.24. The van der Waals surface area contributed by atoms with Crippen LogP contribution in [0.2, 0.25) is 0 Å². The molecule has 0 aliphatic carbocycles. The SMILES string of the molecule is CNS(=O)(=O)c1cc(C(=O)N2CCCCC2CCC(=O)O)c(C)o1. The smallest absolute Gasteiger partial charge is 0.303 e. The first-order valence-electron chi connectivity index (χ1n) is 7.83. The highest BCUT2D eigenvalue weighted by Gasteiger charge is 2.31. The molecule has 1 unspecified atom stereocenters. The predicted octanol–water partition coefficient (Wildman–Crippen LogP) is 1.36. The molecule has 1 aliphatic rings. The number of hydrogen-bond donors (Lipinski definition) is 2. The molecule has 1 saturated heterocycles. The zero-order valence-electron chi connectivity index (χ0n) is 13.7. The molecule has 0 radical (unpaired) electrons. The number of sulfonamides is 1. The van der Waals surface area contributed by atoms with Gasteiger partial charge in [-0.2, -0.15) is 0 Å². The summed E-state index contributed by atoms with van der Waals surface area (Å²) in [4.78, 5) is 25.2. The summed E-state index contributed by atoms with van der Waals surface area (Å²) >= 11 is 0. The molecular formula is C15H22N2O6S. The molecule has 0 aromatic carbocycles. The standard InChI is InChI=1S/C15H22N2O6S/c1-10-12(9-14(23-10)24(21,22)16-2)15(20)17-8-4-3-5-11(17)6-7-13(18)19/h9,11,16H,3-8H2,1-2H3,(H,18,19). The lowest BCUT2D eigenvalue weighted by molar-refractivity contribution is -0.137. The molecule has 2 N–H and O–H groups in total. The highest BCUT2D eigenvalue weighted by Crippen LogP contribution is 2.26. The molecule has 24 heavy (non-hydrogen) atoms. The van der Waals surface area contributed by atoms with Crippen molar-refractivity contribution in [2.45, 2.75) is 50.2 Å². The number of furan rings is 1. The number of likely N-dealkylation sites (tertiary alicyclic amines) is 1. The first kappa shape index (κ1) is 18.5. The van der Waals surface area contributed by atoms with Gasteiger partial charge >= 0.3 is 5.97 Å². The first-order valence-corrected chi connectivity index (χ1v) is 9.31. The Morgan fingerprint density at radius 1 is 1.42 bits per heavy atom. The van der Waals surface area contributed by atoms with E-state index in [1.54, 1.807) is 4.90 Å². The normalized spacial score (nSPS) is 18.6. The van der Waals surface area contributed by atoms with Gasteiger partial charge in [0.2, 0.25) is 5.09 Å². The fraction of sp³-hybridized carbons (Fsp3) is 0.600. The van der Waals surface area contributed by atoms with Gasteiger partial charge in [0, 0.05) is 25.1 Å². The number of carboxylic acids is 1. The highest BCUT2D eigenvalue weighted by molar-refractivity contribution is 7.89. The van der Waals surface area contributed by atoms with Crippen molar-refractivity contribution in [2.24, 2.45) is 0 Å². The van der Waals surface area contributed by atoms with Crippen molar-refractivity contribution in [3.8, 4) is 0 Å². The van der Waals surface area contributed by atoms with Crippen molar-refractivity contribution < 1.29 is 27.5 Å². The molecule has 2 rings (SSSR count). The monoisotopic (exact) mass is 358 g/mol. The maximum Gasteiger partial charge on any atom is 0.303 e. The highest BCUT2D eigenvalue weighted by atomic mass is 32.2. The summed E-state index contributed by atoms with van der Waals surface area (Å²) in [7, 11) is -2.50. The summed E-state index contributed by atoms with van der Waals surface area (Å²) in [6, 6.07) is 1.08. The first-order chi connectivity index (χ1) is 11.3. The molecule has 9 heteroatoms. The number of nitrogens with one attached hydrogen (secondary N) is 1. The number of hydrogen-bond acceptors (Lipinski definition) is 5. The molecule has 1 amide bonds. The lowest BCUT2D eigenvalue weighted by atomic mass is 9.97. The number of carboxylic acid groups (broad SMARTS) is 1. The van der Waals surface area contributed by atoms with E-state index < -0.39 is 16.0 Å². The van der Waals surface area contributed by atoms with Gasteiger partial charge in [-0.3, -0.25) is 9.59 Å². The van der Waals surface area contributed by atoms with Gasteiger partial charge in [-0.15, -0.1) is 0 Å². The van der Waals surface area contributed by atoms with E-state index in [2.05, 4.69) is 4.72 Å². The van der Waals surface area contributed by atoms with Gasteiger partial charge in [0.15, 0.2) is 0 Å². The van der Waals surface area contributed by atoms with Crippen LogP contribution in [0.5, 0.6) is 0 Å². The molecule has 0 spiro atoms. The Balaban J connectivity index is 2.24. The Hall–Kier alpha value is -1.87. The van der Waals surface area contributed by atoms with Crippen LogP contribution in [0.25, 0.3) is 0 Å². The van der Waals surface area contributed by atoms with Crippen LogP contribution >= 0.6 is 0 Å². The summed E-state index contributed by atoms with van der Waals surface area (Å²) in [6.07, 6.45) is 2.92. The fourth-order valence-electron chi connectivity index (χ4n) is 2.91. The van der Waals surface area contributed by atoms with Crippen LogP contribution in [0.3, 0.4) is 0 Å². The zero-order valence-corrected chi connectivity index (χ0v) is 14.6. The van der Waals surface area contributed by atoms with Crippen LogP contribution in [0, 0.1) is 6.92 Å². The largest absolute Gasteiger partial charge is 0.481 e. The quantitative estimate of drug-likeness (QED) is 0.793. The summed E-state index contributed by atoms with van der Waals surface area (Å²) in [6.45, 7) is 2.07. The molecule has 1 fully saturated rings. The average molecular weight is 358 g/mol. The number of carbonyl (C=O) groups is 2. The summed E-state index contributed by atoms with van der Waals surface area (Å²) in [5.41, 5.74) is 0.200. The molecule has 0 bridgehead atoms. The Morgan fingerprint density at radius 2 is 2.12 bits per heavy atom. The van der Waals surface area contributed by atoms with Gasteiger partial charge in [0.1, 0.15) is 5.76 Å². The van der Waals surface area contributed by atoms with Gasteiger partial charge in [-0.1, -0.05) is 0 Å². The Morgan fingerprint density at radius 3 is 2.75 bits per heavy atom. The van der Waals surface area contributed by atoms with E-state index in [9.17, 15) is 18.0 Å². The second-order valence-electron chi connectivity index (χ2n) is 5.82. The summed E-state index contributed by atoms with van der Waals surface area (Å²) in [5.74, 6) is -0.977.